The van der Waals surface area contributed by atoms with Crippen LogP contribution in [0.3, 0.4) is 0 Å². The number of hydrogen-bond donors (Lipinski definition) is 2. The SMILES string of the molecule is CC(CO)(c1ccc(Cl)cc1)N1CCCNCC1. The minimum absolute atomic E-state index is 0.120. The highest BCUT2D eigenvalue weighted by Crippen LogP contribution is 2.29. The summed E-state index contributed by atoms with van der Waals surface area (Å²) < 4.78 is 0. The zero-order valence-electron chi connectivity index (χ0n) is 10.8. The van der Waals surface area contributed by atoms with Gasteiger partial charge >= 0.3 is 0 Å². The highest BCUT2D eigenvalue weighted by molar-refractivity contribution is 6.30. The van der Waals surface area contributed by atoms with Crippen LogP contribution in [0.25, 0.3) is 0 Å². The Hall–Kier alpha value is -0.610. The molecular weight excluding hydrogens is 248 g/mol. The van der Waals surface area contributed by atoms with E-state index < -0.39 is 0 Å². The minimum Gasteiger partial charge on any atom is -0.394 e. The van der Waals surface area contributed by atoms with E-state index in [-0.39, 0.29) is 12.1 Å². The topological polar surface area (TPSA) is 35.5 Å². The van der Waals surface area contributed by atoms with Crippen LogP contribution in [-0.4, -0.2) is 42.8 Å². The lowest BCUT2D eigenvalue weighted by Crippen LogP contribution is -2.48. The molecule has 1 heterocycles. The number of rotatable bonds is 3. The van der Waals surface area contributed by atoms with Crippen molar-refractivity contribution in [1.29, 1.82) is 0 Å². The molecule has 0 bridgehead atoms. The molecule has 2 rings (SSSR count). The number of halogens is 1. The van der Waals surface area contributed by atoms with E-state index in [2.05, 4.69) is 17.1 Å². The molecule has 2 N–H and O–H groups in total. The van der Waals surface area contributed by atoms with Crippen LogP contribution in [0.5, 0.6) is 0 Å². The van der Waals surface area contributed by atoms with Crippen LogP contribution in [0.4, 0.5) is 0 Å². The molecule has 3 nitrogen and oxygen atoms in total. The third kappa shape index (κ3) is 2.86. The first kappa shape index (κ1) is 13.8. The van der Waals surface area contributed by atoms with Gasteiger partial charge in [-0.05, 0) is 37.6 Å². The lowest BCUT2D eigenvalue weighted by atomic mass is 9.90. The fraction of sp³-hybridized carbons (Fsp3) is 0.571. The van der Waals surface area contributed by atoms with Crippen LogP contribution in [0, 0.1) is 0 Å². The molecule has 0 spiro atoms. The zero-order chi connectivity index (χ0) is 13.0. The molecule has 4 heteroatoms. The van der Waals surface area contributed by atoms with E-state index in [1.807, 2.05) is 24.3 Å². The zero-order valence-corrected chi connectivity index (χ0v) is 11.6. The summed E-state index contributed by atoms with van der Waals surface area (Å²) in [6, 6.07) is 7.80. The standard InChI is InChI=1S/C14H21ClN2O/c1-14(11-18,12-3-5-13(15)6-4-12)17-9-2-7-16-8-10-17/h3-6,16,18H,2,7-11H2,1H3. The summed E-state index contributed by atoms with van der Waals surface area (Å²) in [5, 5.41) is 14.0. The molecule has 100 valence electrons. The number of aliphatic hydroxyl groups is 1. The highest BCUT2D eigenvalue weighted by Gasteiger charge is 2.33. The lowest BCUT2D eigenvalue weighted by molar-refractivity contribution is 0.0453. The first-order chi connectivity index (χ1) is 8.66. The van der Waals surface area contributed by atoms with Crippen molar-refractivity contribution < 1.29 is 5.11 Å². The molecule has 0 amide bonds. The second kappa shape index (κ2) is 6.02. The van der Waals surface area contributed by atoms with Crippen molar-refractivity contribution >= 4 is 11.6 Å². The summed E-state index contributed by atoms with van der Waals surface area (Å²) in [7, 11) is 0. The maximum absolute atomic E-state index is 9.86. The van der Waals surface area contributed by atoms with Gasteiger partial charge < -0.3 is 10.4 Å². The van der Waals surface area contributed by atoms with Crippen LogP contribution in [0.15, 0.2) is 24.3 Å². The second-order valence-corrected chi connectivity index (χ2v) is 5.47. The van der Waals surface area contributed by atoms with Gasteiger partial charge in [-0.1, -0.05) is 23.7 Å². The van der Waals surface area contributed by atoms with Crippen LogP contribution in [0.2, 0.25) is 5.02 Å². The monoisotopic (exact) mass is 268 g/mol. The van der Waals surface area contributed by atoms with Crippen molar-refractivity contribution in [2.45, 2.75) is 18.9 Å². The van der Waals surface area contributed by atoms with Crippen molar-refractivity contribution in [3.05, 3.63) is 34.9 Å². The molecule has 1 aliphatic heterocycles. The third-order valence-corrected chi connectivity index (χ3v) is 4.06. The van der Waals surface area contributed by atoms with E-state index in [1.54, 1.807) is 0 Å². The molecule has 0 aliphatic carbocycles. The molecule has 1 aromatic rings. The van der Waals surface area contributed by atoms with Crippen LogP contribution < -0.4 is 5.32 Å². The molecule has 0 aromatic heterocycles. The summed E-state index contributed by atoms with van der Waals surface area (Å²) in [5.74, 6) is 0. The largest absolute Gasteiger partial charge is 0.394 e. The van der Waals surface area contributed by atoms with E-state index in [0.717, 1.165) is 43.2 Å². The normalized spacial score (nSPS) is 21.3. The Labute approximate surface area is 114 Å². The van der Waals surface area contributed by atoms with Gasteiger partial charge in [0.05, 0.1) is 12.1 Å². The van der Waals surface area contributed by atoms with Gasteiger partial charge in [0.25, 0.3) is 0 Å². The molecule has 1 fully saturated rings. The Morgan fingerprint density at radius 1 is 1.28 bits per heavy atom. The van der Waals surface area contributed by atoms with Crippen molar-refractivity contribution in [3.63, 3.8) is 0 Å². The van der Waals surface area contributed by atoms with Crippen LogP contribution >= 0.6 is 11.6 Å². The fourth-order valence-electron chi connectivity index (χ4n) is 2.52. The Morgan fingerprint density at radius 2 is 2.00 bits per heavy atom. The van der Waals surface area contributed by atoms with Gasteiger partial charge in [0.15, 0.2) is 0 Å². The number of benzene rings is 1. The molecule has 1 aliphatic rings. The van der Waals surface area contributed by atoms with Crippen LogP contribution in [-0.2, 0) is 5.54 Å². The predicted octanol–water partition coefficient (Wildman–Crippen LogP) is 1.84. The van der Waals surface area contributed by atoms with E-state index in [4.69, 9.17) is 11.6 Å². The first-order valence-corrected chi connectivity index (χ1v) is 6.87. The van der Waals surface area contributed by atoms with E-state index >= 15 is 0 Å². The number of aliphatic hydroxyl groups excluding tert-OH is 1. The molecule has 0 radical (unpaired) electrons. The van der Waals surface area contributed by atoms with Gasteiger partial charge in [-0.2, -0.15) is 0 Å². The molecular formula is C14H21ClN2O. The van der Waals surface area contributed by atoms with Crippen molar-refractivity contribution in [3.8, 4) is 0 Å². The van der Waals surface area contributed by atoms with Gasteiger partial charge in [-0.3, -0.25) is 4.90 Å². The van der Waals surface area contributed by atoms with E-state index in [0.29, 0.717) is 0 Å². The number of nitrogens with one attached hydrogen (secondary N) is 1. The summed E-state index contributed by atoms with van der Waals surface area (Å²) >= 11 is 5.93. The Bertz CT molecular complexity index is 374. The molecule has 1 saturated heterocycles. The van der Waals surface area contributed by atoms with Crippen molar-refractivity contribution in [1.82, 2.24) is 10.2 Å². The van der Waals surface area contributed by atoms with Gasteiger partial charge in [0.2, 0.25) is 0 Å². The van der Waals surface area contributed by atoms with E-state index in [9.17, 15) is 5.11 Å². The average Bonchev–Trinajstić information content (AvgIpc) is 2.68. The molecule has 18 heavy (non-hydrogen) atoms. The lowest BCUT2D eigenvalue weighted by Gasteiger charge is -2.40. The Balaban J connectivity index is 2.25. The van der Waals surface area contributed by atoms with Crippen molar-refractivity contribution in [2.24, 2.45) is 0 Å². The quantitative estimate of drug-likeness (QED) is 0.878. The molecule has 1 aromatic carbocycles. The average molecular weight is 269 g/mol. The van der Waals surface area contributed by atoms with Gasteiger partial charge in [-0.25, -0.2) is 0 Å². The summed E-state index contributed by atoms with van der Waals surface area (Å²) in [5.41, 5.74) is 0.799. The third-order valence-electron chi connectivity index (χ3n) is 3.81. The Kier molecular flexibility index (Phi) is 4.62. The van der Waals surface area contributed by atoms with Gasteiger partial charge in [0.1, 0.15) is 0 Å². The van der Waals surface area contributed by atoms with E-state index in [1.165, 1.54) is 0 Å². The van der Waals surface area contributed by atoms with Crippen molar-refractivity contribution in [2.75, 3.05) is 32.8 Å². The molecule has 0 saturated carbocycles. The first-order valence-electron chi connectivity index (χ1n) is 6.49. The Morgan fingerprint density at radius 3 is 2.67 bits per heavy atom. The summed E-state index contributed by atoms with van der Waals surface area (Å²) in [6.45, 7) is 6.21. The van der Waals surface area contributed by atoms with Gasteiger partial charge in [0, 0.05) is 24.7 Å². The molecule has 1 unspecified atom stereocenters. The number of nitrogens with zero attached hydrogens (tertiary/aromatic N) is 1. The van der Waals surface area contributed by atoms with Crippen LogP contribution in [0.1, 0.15) is 18.9 Å². The minimum atomic E-state index is -0.323. The summed E-state index contributed by atoms with van der Waals surface area (Å²) in [6.07, 6.45) is 1.11. The predicted molar refractivity (Wildman–Crippen MR) is 74.9 cm³/mol. The van der Waals surface area contributed by atoms with Gasteiger partial charge in [-0.15, -0.1) is 0 Å². The second-order valence-electron chi connectivity index (χ2n) is 5.03. The maximum Gasteiger partial charge on any atom is 0.0665 e. The number of hydrogen-bond acceptors (Lipinski definition) is 3. The highest BCUT2D eigenvalue weighted by atomic mass is 35.5. The summed E-state index contributed by atoms with van der Waals surface area (Å²) in [4.78, 5) is 2.36. The molecule has 1 atom stereocenters. The maximum atomic E-state index is 9.86. The fourth-order valence-corrected chi connectivity index (χ4v) is 2.65. The smallest absolute Gasteiger partial charge is 0.0665 e.